The van der Waals surface area contributed by atoms with Crippen molar-refractivity contribution >= 4 is 28.9 Å². The smallest absolute Gasteiger partial charge is 0.254 e. The molecular weight excluding hydrogens is 388 g/mol. The third-order valence-corrected chi connectivity index (χ3v) is 5.63. The van der Waals surface area contributed by atoms with E-state index in [4.69, 9.17) is 4.74 Å². The summed E-state index contributed by atoms with van der Waals surface area (Å²) in [6.45, 7) is 4.14. The minimum absolute atomic E-state index is 0.0261. The molecule has 2 aromatic heterocycles. The Hall–Kier alpha value is -2.81. The molecule has 150 valence electrons. The number of anilines is 2. The maximum atomic E-state index is 12.7. The fraction of sp³-hybridized carbons (Fsp3) is 0.286. The van der Waals surface area contributed by atoms with Crippen molar-refractivity contribution in [2.45, 2.75) is 13.0 Å². The second kappa shape index (κ2) is 8.69. The summed E-state index contributed by atoms with van der Waals surface area (Å²) < 4.78 is 5.31. The van der Waals surface area contributed by atoms with Crippen LogP contribution in [0.1, 0.15) is 28.9 Å². The molecule has 29 heavy (non-hydrogen) atoms. The Morgan fingerprint density at radius 1 is 1.28 bits per heavy atom. The Morgan fingerprint density at radius 2 is 2.10 bits per heavy atom. The van der Waals surface area contributed by atoms with Crippen molar-refractivity contribution in [2.75, 3.05) is 31.6 Å². The van der Waals surface area contributed by atoms with Gasteiger partial charge in [0.25, 0.3) is 5.91 Å². The molecule has 1 unspecified atom stereocenters. The van der Waals surface area contributed by atoms with Crippen LogP contribution in [0.2, 0.25) is 0 Å². The van der Waals surface area contributed by atoms with Gasteiger partial charge >= 0.3 is 0 Å². The maximum absolute atomic E-state index is 12.7. The van der Waals surface area contributed by atoms with Crippen molar-refractivity contribution in [2.24, 2.45) is 0 Å². The maximum Gasteiger partial charge on any atom is 0.254 e. The monoisotopic (exact) mass is 410 g/mol. The molecule has 0 bridgehead atoms. The fourth-order valence-corrected chi connectivity index (χ4v) is 3.95. The molecule has 1 aliphatic heterocycles. The number of benzene rings is 1. The molecule has 0 saturated carbocycles. The van der Waals surface area contributed by atoms with E-state index in [1.807, 2.05) is 46.7 Å². The van der Waals surface area contributed by atoms with E-state index in [2.05, 4.69) is 15.3 Å². The number of aromatic nitrogens is 2. The third-order valence-electron chi connectivity index (χ3n) is 4.68. The van der Waals surface area contributed by atoms with Crippen LogP contribution in [0.3, 0.4) is 0 Å². The number of carbonyl (C=O) groups excluding carboxylic acids is 1. The van der Waals surface area contributed by atoms with Crippen LogP contribution in [-0.2, 0) is 4.74 Å². The number of rotatable bonds is 5. The Kier molecular flexibility index (Phi) is 5.84. The third kappa shape index (κ3) is 4.61. The van der Waals surface area contributed by atoms with Crippen molar-refractivity contribution in [3.63, 3.8) is 0 Å². The van der Waals surface area contributed by atoms with Crippen molar-refractivity contribution < 1.29 is 14.6 Å². The first-order valence-electron chi connectivity index (χ1n) is 9.44. The summed E-state index contributed by atoms with van der Waals surface area (Å²) >= 11 is 1.49. The molecule has 2 N–H and O–H groups in total. The molecule has 0 aliphatic carbocycles. The molecule has 0 radical (unpaired) electrons. The number of carbonyl (C=O) groups is 1. The van der Waals surface area contributed by atoms with Gasteiger partial charge in [-0.2, -0.15) is 0 Å². The normalized spacial score (nSPS) is 15.2. The second-order valence-corrected chi connectivity index (χ2v) is 7.71. The lowest BCUT2D eigenvalue weighted by Crippen LogP contribution is -2.40. The van der Waals surface area contributed by atoms with E-state index < -0.39 is 6.10 Å². The first kappa shape index (κ1) is 19.5. The van der Waals surface area contributed by atoms with E-state index in [-0.39, 0.29) is 5.91 Å². The molecule has 1 aromatic carbocycles. The average Bonchev–Trinajstić information content (AvgIpc) is 3.24. The predicted molar refractivity (Wildman–Crippen MR) is 112 cm³/mol. The van der Waals surface area contributed by atoms with E-state index in [0.717, 1.165) is 21.8 Å². The highest BCUT2D eigenvalue weighted by atomic mass is 32.1. The lowest BCUT2D eigenvalue weighted by atomic mass is 10.1. The van der Waals surface area contributed by atoms with Crippen LogP contribution >= 0.6 is 11.3 Å². The quantitative estimate of drug-likeness (QED) is 0.670. The van der Waals surface area contributed by atoms with Gasteiger partial charge in [-0.25, -0.2) is 9.97 Å². The van der Waals surface area contributed by atoms with Crippen LogP contribution in [-0.4, -0.2) is 52.2 Å². The van der Waals surface area contributed by atoms with Gasteiger partial charge in [0, 0.05) is 30.4 Å². The second-order valence-electron chi connectivity index (χ2n) is 6.80. The zero-order valence-corrected chi connectivity index (χ0v) is 16.9. The minimum atomic E-state index is -0.544. The Morgan fingerprint density at radius 3 is 2.90 bits per heavy atom. The first-order valence-corrected chi connectivity index (χ1v) is 10.3. The molecule has 1 atom stereocenters. The fourth-order valence-electron chi connectivity index (χ4n) is 3.09. The van der Waals surface area contributed by atoms with E-state index >= 15 is 0 Å². The predicted octanol–water partition coefficient (Wildman–Crippen LogP) is 3.47. The van der Waals surface area contributed by atoms with Gasteiger partial charge in [0.2, 0.25) is 5.95 Å². The lowest BCUT2D eigenvalue weighted by Gasteiger charge is -2.26. The molecule has 3 heterocycles. The molecule has 7 nitrogen and oxygen atoms in total. The molecule has 4 rings (SSSR count). The van der Waals surface area contributed by atoms with Crippen LogP contribution in [0.5, 0.6) is 0 Å². The van der Waals surface area contributed by atoms with Gasteiger partial charge in [-0.15, -0.1) is 11.3 Å². The number of thiophene rings is 1. The van der Waals surface area contributed by atoms with Crippen molar-refractivity contribution in [1.29, 1.82) is 0 Å². The van der Waals surface area contributed by atoms with Gasteiger partial charge in [-0.3, -0.25) is 4.79 Å². The lowest BCUT2D eigenvalue weighted by molar-refractivity contribution is 0.0303. The number of ether oxygens (including phenoxy) is 1. The van der Waals surface area contributed by atoms with Gasteiger partial charge in [0.05, 0.1) is 35.5 Å². The number of nitrogens with one attached hydrogen (secondary N) is 1. The van der Waals surface area contributed by atoms with Crippen LogP contribution in [0.15, 0.2) is 48.0 Å². The molecular formula is C21H22N4O3S. The molecule has 1 saturated heterocycles. The van der Waals surface area contributed by atoms with E-state index in [1.165, 1.54) is 11.3 Å². The topological polar surface area (TPSA) is 87.6 Å². The van der Waals surface area contributed by atoms with Gasteiger partial charge in [0.15, 0.2) is 0 Å². The number of amides is 1. The summed E-state index contributed by atoms with van der Waals surface area (Å²) in [5, 5.41) is 14.8. The zero-order chi connectivity index (χ0) is 20.2. The summed E-state index contributed by atoms with van der Waals surface area (Å²) in [6.07, 6.45) is 1.14. The SMILES string of the molecule is CC(O)c1cccc(Nc2nccc(-c3cc(C(=O)N4CCOCC4)cs3)n2)c1. The molecule has 1 aliphatic rings. The van der Waals surface area contributed by atoms with Gasteiger partial charge in [-0.05, 0) is 36.8 Å². The zero-order valence-electron chi connectivity index (χ0n) is 16.0. The highest BCUT2D eigenvalue weighted by Gasteiger charge is 2.20. The van der Waals surface area contributed by atoms with Crippen molar-refractivity contribution in [1.82, 2.24) is 14.9 Å². The number of morpholine rings is 1. The van der Waals surface area contributed by atoms with Crippen LogP contribution in [0.4, 0.5) is 11.6 Å². The van der Waals surface area contributed by atoms with E-state index in [0.29, 0.717) is 37.8 Å². The number of aliphatic hydroxyl groups excluding tert-OH is 1. The van der Waals surface area contributed by atoms with E-state index in [9.17, 15) is 9.90 Å². The summed E-state index contributed by atoms with van der Waals surface area (Å²) in [5.41, 5.74) is 3.04. The minimum Gasteiger partial charge on any atom is -0.389 e. The van der Waals surface area contributed by atoms with E-state index in [1.54, 1.807) is 13.1 Å². The Bertz CT molecular complexity index is 999. The summed E-state index contributed by atoms with van der Waals surface area (Å²) in [5.74, 6) is 0.484. The van der Waals surface area contributed by atoms with Gasteiger partial charge in [0.1, 0.15) is 0 Å². The Labute approximate surface area is 173 Å². The largest absolute Gasteiger partial charge is 0.389 e. The Balaban J connectivity index is 1.51. The summed E-state index contributed by atoms with van der Waals surface area (Å²) in [6, 6.07) is 11.2. The number of hydrogen-bond donors (Lipinski definition) is 2. The molecule has 0 spiro atoms. The summed E-state index contributed by atoms with van der Waals surface area (Å²) in [7, 11) is 0. The van der Waals surface area contributed by atoms with Crippen molar-refractivity contribution in [3.05, 3.63) is 59.1 Å². The molecule has 1 fully saturated rings. The van der Waals surface area contributed by atoms with Crippen LogP contribution < -0.4 is 5.32 Å². The van der Waals surface area contributed by atoms with Gasteiger partial charge in [-0.1, -0.05) is 12.1 Å². The molecule has 1 amide bonds. The van der Waals surface area contributed by atoms with Crippen LogP contribution in [0.25, 0.3) is 10.6 Å². The highest BCUT2D eigenvalue weighted by Crippen LogP contribution is 2.28. The van der Waals surface area contributed by atoms with Crippen molar-refractivity contribution in [3.8, 4) is 10.6 Å². The summed E-state index contributed by atoms with van der Waals surface area (Å²) in [4.78, 5) is 24.2. The van der Waals surface area contributed by atoms with Crippen LogP contribution in [0, 0.1) is 0 Å². The molecule has 3 aromatic rings. The number of aliphatic hydroxyl groups is 1. The van der Waals surface area contributed by atoms with Gasteiger partial charge < -0.3 is 20.1 Å². The standard InChI is InChI=1S/C21H22N4O3S/c1-14(26)15-3-2-4-17(11-15)23-21-22-6-5-18(24-21)19-12-16(13-29-19)20(27)25-7-9-28-10-8-25/h2-6,11-14,26H,7-10H2,1H3,(H,22,23,24). The average molecular weight is 410 g/mol. The molecule has 8 heteroatoms. The first-order chi connectivity index (χ1) is 14.1. The number of hydrogen-bond acceptors (Lipinski definition) is 7. The number of nitrogens with zero attached hydrogens (tertiary/aromatic N) is 3. The highest BCUT2D eigenvalue weighted by molar-refractivity contribution is 7.13.